The Balaban J connectivity index is 2.02. The number of carbonyl (C=O) groups excluding carboxylic acids is 1. The van der Waals surface area contributed by atoms with Crippen LogP contribution in [-0.4, -0.2) is 25.0 Å². The molecule has 0 saturated carbocycles. The molecule has 20 heavy (non-hydrogen) atoms. The van der Waals surface area contributed by atoms with Crippen LogP contribution in [0.4, 0.5) is 0 Å². The second kappa shape index (κ2) is 5.96. The van der Waals surface area contributed by atoms with Gasteiger partial charge in [0.05, 0.1) is 0 Å². The molecular formula is C17H26N2O. The van der Waals surface area contributed by atoms with Gasteiger partial charge < -0.3 is 10.6 Å². The maximum atomic E-state index is 12.4. The highest BCUT2D eigenvalue weighted by Gasteiger charge is 2.32. The lowest BCUT2D eigenvalue weighted by Gasteiger charge is -2.39. The van der Waals surface area contributed by atoms with Crippen LogP contribution in [0.2, 0.25) is 0 Å². The number of nitrogens with one attached hydrogen (secondary N) is 2. The first-order chi connectivity index (χ1) is 9.42. The van der Waals surface area contributed by atoms with Gasteiger partial charge in [-0.1, -0.05) is 32.0 Å². The fourth-order valence-electron chi connectivity index (χ4n) is 3.08. The summed E-state index contributed by atoms with van der Waals surface area (Å²) in [6, 6.07) is 6.33. The summed E-state index contributed by atoms with van der Waals surface area (Å²) < 4.78 is 0. The summed E-state index contributed by atoms with van der Waals surface area (Å²) >= 11 is 0. The predicted octanol–water partition coefficient (Wildman–Crippen LogP) is 2.81. The molecule has 2 N–H and O–H groups in total. The van der Waals surface area contributed by atoms with Crippen LogP contribution in [-0.2, 0) is 0 Å². The van der Waals surface area contributed by atoms with Crippen LogP contribution in [0.15, 0.2) is 18.2 Å². The zero-order valence-corrected chi connectivity index (χ0v) is 13.0. The molecule has 2 rings (SSSR count). The van der Waals surface area contributed by atoms with E-state index in [0.717, 1.165) is 23.2 Å². The minimum absolute atomic E-state index is 0.0452. The van der Waals surface area contributed by atoms with E-state index in [4.69, 9.17) is 0 Å². The third-order valence-electron chi connectivity index (χ3n) is 4.51. The maximum absolute atomic E-state index is 12.4. The van der Waals surface area contributed by atoms with Gasteiger partial charge >= 0.3 is 0 Å². The van der Waals surface area contributed by atoms with Gasteiger partial charge in [-0.3, -0.25) is 4.79 Å². The third kappa shape index (κ3) is 3.21. The van der Waals surface area contributed by atoms with Crippen LogP contribution >= 0.6 is 0 Å². The molecule has 3 nitrogen and oxygen atoms in total. The van der Waals surface area contributed by atoms with Crippen molar-refractivity contribution in [2.45, 2.75) is 46.6 Å². The normalized spacial score (nSPS) is 21.5. The molecule has 1 heterocycles. The summed E-state index contributed by atoms with van der Waals surface area (Å²) in [5, 5.41) is 6.64. The summed E-state index contributed by atoms with van der Waals surface area (Å²) in [6.07, 6.45) is 2.43. The van der Waals surface area contributed by atoms with Crippen molar-refractivity contribution in [2.24, 2.45) is 5.41 Å². The minimum Gasteiger partial charge on any atom is -0.350 e. The molecule has 0 radical (unpaired) electrons. The van der Waals surface area contributed by atoms with Gasteiger partial charge in [-0.25, -0.2) is 0 Å². The van der Waals surface area contributed by atoms with E-state index >= 15 is 0 Å². The predicted molar refractivity (Wildman–Crippen MR) is 83.1 cm³/mol. The Bertz CT molecular complexity index is 474. The summed E-state index contributed by atoms with van der Waals surface area (Å²) in [4.78, 5) is 12.4. The van der Waals surface area contributed by atoms with Crippen LogP contribution in [0.5, 0.6) is 0 Å². The van der Waals surface area contributed by atoms with Gasteiger partial charge in [0.15, 0.2) is 0 Å². The Labute approximate surface area is 122 Å². The first kappa shape index (κ1) is 15.0. The van der Waals surface area contributed by atoms with E-state index in [1.165, 1.54) is 12.8 Å². The Morgan fingerprint density at radius 1 is 1.35 bits per heavy atom. The van der Waals surface area contributed by atoms with Crippen molar-refractivity contribution < 1.29 is 4.79 Å². The molecule has 1 aromatic rings. The molecule has 110 valence electrons. The fraction of sp³-hybridized carbons (Fsp3) is 0.588. The van der Waals surface area contributed by atoms with E-state index in [-0.39, 0.29) is 11.3 Å². The van der Waals surface area contributed by atoms with Crippen molar-refractivity contribution in [2.75, 3.05) is 13.1 Å². The summed E-state index contributed by atoms with van der Waals surface area (Å²) in [7, 11) is 0. The first-order valence-corrected chi connectivity index (χ1v) is 7.49. The molecule has 0 aromatic heterocycles. The number of hydrogen-bond acceptors (Lipinski definition) is 2. The molecule has 1 unspecified atom stereocenters. The molecule has 1 aromatic carbocycles. The number of carbonyl (C=O) groups is 1. The van der Waals surface area contributed by atoms with Gasteiger partial charge in [-0.05, 0) is 49.8 Å². The van der Waals surface area contributed by atoms with E-state index < -0.39 is 0 Å². The van der Waals surface area contributed by atoms with Gasteiger partial charge in [0, 0.05) is 18.2 Å². The van der Waals surface area contributed by atoms with Crippen LogP contribution in [0.25, 0.3) is 0 Å². The number of aryl methyl sites for hydroxylation is 2. The Kier molecular flexibility index (Phi) is 4.48. The Hall–Kier alpha value is -1.35. The van der Waals surface area contributed by atoms with Crippen molar-refractivity contribution >= 4 is 5.91 Å². The van der Waals surface area contributed by atoms with Gasteiger partial charge in [0.1, 0.15) is 0 Å². The summed E-state index contributed by atoms with van der Waals surface area (Å²) in [6.45, 7) is 10.3. The summed E-state index contributed by atoms with van der Waals surface area (Å²) in [5.74, 6) is 0.0452. The molecular weight excluding hydrogens is 248 g/mol. The van der Waals surface area contributed by atoms with E-state index in [1.807, 2.05) is 32.0 Å². The number of hydrogen-bond donors (Lipinski definition) is 2. The van der Waals surface area contributed by atoms with E-state index in [2.05, 4.69) is 24.5 Å². The third-order valence-corrected chi connectivity index (χ3v) is 4.51. The molecule has 1 atom stereocenters. The molecule has 1 saturated heterocycles. The topological polar surface area (TPSA) is 41.1 Å². The zero-order valence-electron chi connectivity index (χ0n) is 13.0. The Morgan fingerprint density at radius 3 is 2.60 bits per heavy atom. The zero-order chi connectivity index (χ0) is 14.8. The molecule has 1 aliphatic heterocycles. The average molecular weight is 274 g/mol. The van der Waals surface area contributed by atoms with Crippen molar-refractivity contribution in [3.63, 3.8) is 0 Å². The van der Waals surface area contributed by atoms with Crippen molar-refractivity contribution in [1.82, 2.24) is 10.6 Å². The van der Waals surface area contributed by atoms with Crippen LogP contribution in [0, 0.1) is 19.3 Å². The second-order valence-electron chi connectivity index (χ2n) is 6.58. The average Bonchev–Trinajstić information content (AvgIpc) is 2.36. The largest absolute Gasteiger partial charge is 0.350 e. The van der Waals surface area contributed by atoms with E-state index in [0.29, 0.717) is 12.6 Å². The quantitative estimate of drug-likeness (QED) is 0.890. The first-order valence-electron chi connectivity index (χ1n) is 7.49. The minimum atomic E-state index is 0.0452. The van der Waals surface area contributed by atoms with Gasteiger partial charge in [-0.15, -0.1) is 0 Å². The highest BCUT2D eigenvalue weighted by Crippen LogP contribution is 2.29. The smallest absolute Gasteiger partial charge is 0.251 e. The second-order valence-corrected chi connectivity index (χ2v) is 6.58. The lowest BCUT2D eigenvalue weighted by molar-refractivity contribution is 0.0927. The molecule has 0 bridgehead atoms. The van der Waals surface area contributed by atoms with Gasteiger partial charge in [-0.2, -0.15) is 0 Å². The Morgan fingerprint density at radius 2 is 2.00 bits per heavy atom. The highest BCUT2D eigenvalue weighted by molar-refractivity contribution is 5.97. The van der Waals surface area contributed by atoms with E-state index in [1.54, 1.807) is 0 Å². The standard InChI is InChI=1S/C17H26N2O/c1-12-7-5-8-13(2)15(12)16(20)19-11-14-17(3,4)9-6-10-18-14/h5,7-8,14,18H,6,9-11H2,1-4H3,(H,19,20). The lowest BCUT2D eigenvalue weighted by atomic mass is 9.77. The number of amides is 1. The molecule has 1 aliphatic rings. The SMILES string of the molecule is Cc1cccc(C)c1C(=O)NCC1NCCCC1(C)C. The van der Waals surface area contributed by atoms with Crippen molar-refractivity contribution in [1.29, 1.82) is 0 Å². The molecule has 0 aliphatic carbocycles. The molecule has 1 amide bonds. The van der Waals surface area contributed by atoms with Crippen LogP contribution < -0.4 is 10.6 Å². The van der Waals surface area contributed by atoms with Crippen molar-refractivity contribution in [3.05, 3.63) is 34.9 Å². The molecule has 0 spiro atoms. The van der Waals surface area contributed by atoms with Crippen LogP contribution in [0.3, 0.4) is 0 Å². The lowest BCUT2D eigenvalue weighted by Crippen LogP contribution is -2.52. The molecule has 1 fully saturated rings. The number of piperidine rings is 1. The maximum Gasteiger partial charge on any atom is 0.251 e. The van der Waals surface area contributed by atoms with E-state index in [9.17, 15) is 4.79 Å². The van der Waals surface area contributed by atoms with Crippen LogP contribution in [0.1, 0.15) is 48.2 Å². The fourth-order valence-corrected chi connectivity index (χ4v) is 3.08. The van der Waals surface area contributed by atoms with Gasteiger partial charge in [0.25, 0.3) is 5.91 Å². The van der Waals surface area contributed by atoms with Crippen molar-refractivity contribution in [3.8, 4) is 0 Å². The highest BCUT2D eigenvalue weighted by atomic mass is 16.1. The number of rotatable bonds is 3. The monoisotopic (exact) mass is 274 g/mol. The van der Waals surface area contributed by atoms with Gasteiger partial charge in [0.2, 0.25) is 0 Å². The molecule has 3 heteroatoms. The summed E-state index contributed by atoms with van der Waals surface area (Å²) in [5.41, 5.74) is 3.14. The number of benzene rings is 1.